The highest BCUT2D eigenvalue weighted by Crippen LogP contribution is 2.21. The Kier molecular flexibility index (Phi) is 6.77. The number of hydrogen-bond acceptors (Lipinski definition) is 4. The summed E-state index contributed by atoms with van der Waals surface area (Å²) in [7, 11) is 0.0102. The van der Waals surface area contributed by atoms with Crippen LogP contribution in [0.4, 0.5) is 0 Å². The molecule has 1 amide bonds. The summed E-state index contributed by atoms with van der Waals surface area (Å²) in [5.74, 6) is -0.168. The van der Waals surface area contributed by atoms with Crippen LogP contribution in [0.1, 0.15) is 36.0 Å². The van der Waals surface area contributed by atoms with E-state index in [0.717, 1.165) is 25.7 Å². The van der Waals surface area contributed by atoms with Crippen LogP contribution < -0.4 is 5.32 Å². The van der Waals surface area contributed by atoms with Crippen LogP contribution >= 0.6 is 0 Å². The Labute approximate surface area is 144 Å². The van der Waals surface area contributed by atoms with Gasteiger partial charge >= 0.3 is 0 Å². The number of carbonyl (C=O) groups is 1. The molecule has 1 heterocycles. The summed E-state index contributed by atoms with van der Waals surface area (Å²) in [5.41, 5.74) is 0.407. The summed E-state index contributed by atoms with van der Waals surface area (Å²) in [4.78, 5) is 14.2. The van der Waals surface area contributed by atoms with E-state index in [-0.39, 0.29) is 10.8 Å². The van der Waals surface area contributed by atoms with Crippen molar-refractivity contribution in [1.29, 1.82) is 0 Å². The molecule has 0 atom stereocenters. The van der Waals surface area contributed by atoms with Gasteiger partial charge < -0.3 is 10.2 Å². The average Bonchev–Trinajstić information content (AvgIpc) is 2.89. The van der Waals surface area contributed by atoms with Gasteiger partial charge in [-0.25, -0.2) is 8.42 Å². The highest BCUT2D eigenvalue weighted by atomic mass is 32.2. The van der Waals surface area contributed by atoms with E-state index < -0.39 is 10.0 Å². The molecule has 0 aromatic heterocycles. The molecule has 0 spiro atoms. The van der Waals surface area contributed by atoms with Crippen LogP contribution in [0.15, 0.2) is 29.2 Å². The van der Waals surface area contributed by atoms with Crippen LogP contribution in [0.2, 0.25) is 0 Å². The van der Waals surface area contributed by atoms with Gasteiger partial charge in [0.2, 0.25) is 10.0 Å². The third-order valence-corrected chi connectivity index (χ3v) is 6.22. The number of benzene rings is 1. The monoisotopic (exact) mass is 353 g/mol. The molecule has 0 unspecified atom stereocenters. The van der Waals surface area contributed by atoms with Crippen molar-refractivity contribution in [1.82, 2.24) is 14.5 Å². The first-order valence-corrected chi connectivity index (χ1v) is 9.91. The van der Waals surface area contributed by atoms with E-state index in [1.165, 1.54) is 6.07 Å². The van der Waals surface area contributed by atoms with Gasteiger partial charge in [-0.1, -0.05) is 18.9 Å². The largest absolute Gasteiger partial charge is 0.340 e. The normalized spacial score (nSPS) is 16.6. The maximum absolute atomic E-state index is 12.8. The molecule has 1 aromatic rings. The minimum Gasteiger partial charge on any atom is -0.340 e. The molecule has 1 N–H and O–H groups in total. The minimum absolute atomic E-state index is 0.168. The van der Waals surface area contributed by atoms with Crippen LogP contribution in [0, 0.1) is 0 Å². The fourth-order valence-electron chi connectivity index (χ4n) is 2.82. The van der Waals surface area contributed by atoms with Gasteiger partial charge in [0.1, 0.15) is 0 Å². The number of nitrogens with zero attached hydrogens (tertiary/aromatic N) is 2. The van der Waals surface area contributed by atoms with Crippen LogP contribution in [-0.2, 0) is 10.0 Å². The molecule has 1 aromatic carbocycles. The Balaban J connectivity index is 2.21. The molecule has 0 saturated carbocycles. The van der Waals surface area contributed by atoms with Gasteiger partial charge in [-0.2, -0.15) is 4.31 Å². The topological polar surface area (TPSA) is 69.7 Å². The van der Waals surface area contributed by atoms with Gasteiger partial charge in [0.25, 0.3) is 5.91 Å². The van der Waals surface area contributed by atoms with Crippen LogP contribution in [0.5, 0.6) is 0 Å². The Morgan fingerprint density at radius 2 is 1.88 bits per heavy atom. The molecule has 0 bridgehead atoms. The standard InChI is InChI=1S/C17H27N3O3S/c1-18-10-13-19(2)17(21)15-8-7-9-16(14-15)24(22,23)20-11-5-3-4-6-12-20/h7-9,14,18H,3-6,10-13H2,1-2H3. The van der Waals surface area contributed by atoms with Crippen LogP contribution in [0.3, 0.4) is 0 Å². The van der Waals surface area contributed by atoms with Gasteiger partial charge in [0.15, 0.2) is 0 Å². The molecule has 1 aliphatic rings. The first-order valence-electron chi connectivity index (χ1n) is 8.47. The molecule has 6 nitrogen and oxygen atoms in total. The maximum Gasteiger partial charge on any atom is 0.253 e. The van der Waals surface area contributed by atoms with E-state index in [4.69, 9.17) is 0 Å². The van der Waals surface area contributed by atoms with E-state index >= 15 is 0 Å². The zero-order chi connectivity index (χ0) is 17.6. The van der Waals surface area contributed by atoms with Crippen molar-refractivity contribution < 1.29 is 13.2 Å². The third kappa shape index (κ3) is 4.55. The number of nitrogens with one attached hydrogen (secondary N) is 1. The lowest BCUT2D eigenvalue weighted by Crippen LogP contribution is -2.34. The first-order chi connectivity index (χ1) is 11.5. The number of sulfonamides is 1. The molecule has 1 fully saturated rings. The third-order valence-electron chi connectivity index (χ3n) is 4.33. The number of rotatable bonds is 6. The van der Waals surface area contributed by atoms with Gasteiger partial charge in [-0.05, 0) is 38.1 Å². The molecule has 24 heavy (non-hydrogen) atoms. The highest BCUT2D eigenvalue weighted by molar-refractivity contribution is 7.89. The Morgan fingerprint density at radius 1 is 1.21 bits per heavy atom. The van der Waals surface area contributed by atoms with Crippen molar-refractivity contribution in [2.45, 2.75) is 30.6 Å². The lowest BCUT2D eigenvalue weighted by Gasteiger charge is -2.21. The molecule has 7 heteroatoms. The fourth-order valence-corrected chi connectivity index (χ4v) is 4.39. The predicted molar refractivity (Wildman–Crippen MR) is 94.6 cm³/mol. The maximum atomic E-state index is 12.8. The van der Waals surface area contributed by atoms with E-state index in [1.54, 1.807) is 34.5 Å². The van der Waals surface area contributed by atoms with Crippen molar-refractivity contribution in [3.8, 4) is 0 Å². The number of hydrogen-bond donors (Lipinski definition) is 1. The number of carbonyl (C=O) groups excluding carboxylic acids is 1. The quantitative estimate of drug-likeness (QED) is 0.842. The summed E-state index contributed by atoms with van der Waals surface area (Å²) < 4.78 is 27.2. The average molecular weight is 353 g/mol. The molecule has 2 rings (SSSR count). The Morgan fingerprint density at radius 3 is 2.50 bits per heavy atom. The summed E-state index contributed by atoms with van der Waals surface area (Å²) in [6.45, 7) is 2.37. The second kappa shape index (κ2) is 8.60. The fraction of sp³-hybridized carbons (Fsp3) is 0.588. The SMILES string of the molecule is CNCCN(C)C(=O)c1cccc(S(=O)(=O)N2CCCCCC2)c1. The van der Waals surface area contributed by atoms with Crippen molar-refractivity contribution in [2.24, 2.45) is 0 Å². The second-order valence-corrected chi connectivity index (χ2v) is 8.11. The summed E-state index contributed by atoms with van der Waals surface area (Å²) >= 11 is 0. The molecule has 134 valence electrons. The van der Waals surface area contributed by atoms with E-state index in [0.29, 0.717) is 31.7 Å². The van der Waals surface area contributed by atoms with Crippen molar-refractivity contribution in [3.05, 3.63) is 29.8 Å². The molecular formula is C17H27N3O3S. The predicted octanol–water partition coefficient (Wildman–Crippen LogP) is 1.54. The lowest BCUT2D eigenvalue weighted by molar-refractivity contribution is 0.0796. The summed E-state index contributed by atoms with van der Waals surface area (Å²) in [6, 6.07) is 6.38. The zero-order valence-corrected chi connectivity index (χ0v) is 15.3. The summed E-state index contributed by atoms with van der Waals surface area (Å²) in [6.07, 6.45) is 3.93. The first kappa shape index (κ1) is 18.9. The lowest BCUT2D eigenvalue weighted by atomic mass is 10.2. The smallest absolute Gasteiger partial charge is 0.253 e. The van der Waals surface area contributed by atoms with Crippen molar-refractivity contribution in [2.75, 3.05) is 40.3 Å². The van der Waals surface area contributed by atoms with Gasteiger partial charge in [-0.15, -0.1) is 0 Å². The van der Waals surface area contributed by atoms with E-state index in [1.807, 2.05) is 7.05 Å². The van der Waals surface area contributed by atoms with E-state index in [9.17, 15) is 13.2 Å². The zero-order valence-electron chi connectivity index (χ0n) is 14.5. The second-order valence-electron chi connectivity index (χ2n) is 6.18. The van der Waals surface area contributed by atoms with Crippen LogP contribution in [0.25, 0.3) is 0 Å². The highest BCUT2D eigenvalue weighted by Gasteiger charge is 2.26. The number of likely N-dealkylation sites (N-methyl/N-ethyl adjacent to an activating group) is 2. The minimum atomic E-state index is -3.53. The van der Waals surface area contributed by atoms with E-state index in [2.05, 4.69) is 5.32 Å². The van der Waals surface area contributed by atoms with Gasteiger partial charge in [-0.3, -0.25) is 4.79 Å². The molecular weight excluding hydrogens is 326 g/mol. The van der Waals surface area contributed by atoms with Gasteiger partial charge in [0.05, 0.1) is 4.90 Å². The Bertz CT molecular complexity index is 653. The molecule has 0 radical (unpaired) electrons. The van der Waals surface area contributed by atoms with Crippen molar-refractivity contribution >= 4 is 15.9 Å². The molecule has 0 aliphatic carbocycles. The number of amides is 1. The van der Waals surface area contributed by atoms with Crippen molar-refractivity contribution in [3.63, 3.8) is 0 Å². The van der Waals surface area contributed by atoms with Crippen LogP contribution in [-0.4, -0.2) is 63.8 Å². The Hall–Kier alpha value is -1.44. The summed E-state index contributed by atoms with van der Waals surface area (Å²) in [5, 5.41) is 2.99. The molecule has 1 saturated heterocycles. The molecule has 1 aliphatic heterocycles. The van der Waals surface area contributed by atoms with Gasteiger partial charge in [0, 0.05) is 38.8 Å².